The van der Waals surface area contributed by atoms with E-state index in [0.29, 0.717) is 34.5 Å². The van der Waals surface area contributed by atoms with Gasteiger partial charge in [-0.05, 0) is 61.7 Å². The van der Waals surface area contributed by atoms with Crippen molar-refractivity contribution < 1.29 is 13.7 Å². The first-order valence-corrected chi connectivity index (χ1v) is 9.32. The van der Waals surface area contributed by atoms with E-state index in [-0.39, 0.29) is 17.9 Å². The molecule has 0 radical (unpaired) electrons. The van der Waals surface area contributed by atoms with Crippen LogP contribution in [0.4, 0.5) is 14.9 Å². The number of rotatable bonds is 3. The lowest BCUT2D eigenvalue weighted by molar-refractivity contribution is 0.193. The van der Waals surface area contributed by atoms with Crippen LogP contribution in [0.15, 0.2) is 47.0 Å². The normalized spacial score (nSPS) is 16.4. The van der Waals surface area contributed by atoms with Crippen molar-refractivity contribution in [1.82, 2.24) is 15.0 Å². The fourth-order valence-electron chi connectivity index (χ4n) is 3.22. The average molecular weight is 401 g/mol. The van der Waals surface area contributed by atoms with Crippen molar-refractivity contribution >= 4 is 23.3 Å². The molecule has 1 atom stereocenters. The van der Waals surface area contributed by atoms with E-state index in [1.807, 2.05) is 19.1 Å². The van der Waals surface area contributed by atoms with E-state index in [1.54, 1.807) is 23.1 Å². The first kappa shape index (κ1) is 18.4. The number of urea groups is 1. The molecule has 0 spiro atoms. The fourth-order valence-corrected chi connectivity index (χ4v) is 3.40. The second kappa shape index (κ2) is 7.59. The van der Waals surface area contributed by atoms with Gasteiger partial charge in [0, 0.05) is 22.8 Å². The molecule has 2 heterocycles. The summed E-state index contributed by atoms with van der Waals surface area (Å²) >= 11 is 6.13. The van der Waals surface area contributed by atoms with Gasteiger partial charge in [-0.1, -0.05) is 22.8 Å². The van der Waals surface area contributed by atoms with Gasteiger partial charge in [-0.25, -0.2) is 9.18 Å². The Morgan fingerprint density at radius 1 is 1.29 bits per heavy atom. The summed E-state index contributed by atoms with van der Waals surface area (Å²) in [5, 5.41) is 7.44. The molecule has 2 aromatic carbocycles. The third-order valence-electron chi connectivity index (χ3n) is 4.77. The number of benzene rings is 2. The number of aryl methyl sites for hydroxylation is 1. The maximum Gasteiger partial charge on any atom is 0.322 e. The summed E-state index contributed by atoms with van der Waals surface area (Å²) in [6.45, 7) is 2.49. The quantitative estimate of drug-likeness (QED) is 0.655. The number of likely N-dealkylation sites (tertiary alicyclic amines) is 1. The third-order valence-corrected chi connectivity index (χ3v) is 5.17. The summed E-state index contributed by atoms with van der Waals surface area (Å²) in [5.41, 5.74) is 2.22. The van der Waals surface area contributed by atoms with E-state index in [2.05, 4.69) is 15.5 Å². The van der Waals surface area contributed by atoms with Crippen molar-refractivity contribution in [3.8, 4) is 11.4 Å². The van der Waals surface area contributed by atoms with Gasteiger partial charge < -0.3 is 14.7 Å². The summed E-state index contributed by atoms with van der Waals surface area (Å²) < 4.78 is 18.5. The highest BCUT2D eigenvalue weighted by Gasteiger charge is 2.34. The molecule has 0 saturated carbocycles. The highest BCUT2D eigenvalue weighted by atomic mass is 35.5. The Balaban J connectivity index is 1.51. The number of aromatic nitrogens is 2. The minimum Gasteiger partial charge on any atom is -0.337 e. The molecule has 4 rings (SSSR count). The molecule has 2 amide bonds. The summed E-state index contributed by atoms with van der Waals surface area (Å²) in [6, 6.07) is 10.7. The summed E-state index contributed by atoms with van der Waals surface area (Å²) in [4.78, 5) is 18.8. The minimum absolute atomic E-state index is 0.246. The molecule has 3 aromatic rings. The van der Waals surface area contributed by atoms with E-state index < -0.39 is 0 Å². The highest BCUT2D eigenvalue weighted by molar-refractivity contribution is 6.31. The number of hydrogen-bond donors (Lipinski definition) is 1. The topological polar surface area (TPSA) is 71.3 Å². The van der Waals surface area contributed by atoms with Crippen molar-refractivity contribution in [3.05, 3.63) is 64.8 Å². The molecule has 6 nitrogen and oxygen atoms in total. The Kier molecular flexibility index (Phi) is 5.00. The average Bonchev–Trinajstić information content (AvgIpc) is 3.34. The van der Waals surface area contributed by atoms with Crippen molar-refractivity contribution in [2.24, 2.45) is 0 Å². The predicted octanol–water partition coefficient (Wildman–Crippen LogP) is 5.21. The van der Waals surface area contributed by atoms with Crippen LogP contribution in [0.2, 0.25) is 5.02 Å². The maximum atomic E-state index is 13.1. The van der Waals surface area contributed by atoms with Crippen molar-refractivity contribution in [2.45, 2.75) is 25.8 Å². The molecular formula is C20H18ClFN4O2. The third kappa shape index (κ3) is 3.71. The Bertz CT molecular complexity index is 1010. The maximum absolute atomic E-state index is 13.1. The van der Waals surface area contributed by atoms with Gasteiger partial charge in [0.1, 0.15) is 11.9 Å². The van der Waals surface area contributed by atoms with Gasteiger partial charge in [0.05, 0.1) is 0 Å². The zero-order valence-electron chi connectivity index (χ0n) is 15.2. The molecule has 0 aliphatic carbocycles. The van der Waals surface area contributed by atoms with Gasteiger partial charge >= 0.3 is 6.03 Å². The molecule has 1 unspecified atom stereocenters. The van der Waals surface area contributed by atoms with Gasteiger partial charge in [0.25, 0.3) is 0 Å². The Hall–Kier alpha value is -2.93. The van der Waals surface area contributed by atoms with Gasteiger partial charge in [0.15, 0.2) is 0 Å². The number of halogens is 2. The summed E-state index contributed by atoms with van der Waals surface area (Å²) in [7, 11) is 0. The summed E-state index contributed by atoms with van der Waals surface area (Å²) in [6.07, 6.45) is 1.56. The van der Waals surface area contributed by atoms with Crippen LogP contribution in [0.5, 0.6) is 0 Å². The van der Waals surface area contributed by atoms with E-state index in [0.717, 1.165) is 18.4 Å². The molecule has 8 heteroatoms. The number of hydrogen-bond acceptors (Lipinski definition) is 4. The van der Waals surface area contributed by atoms with Crippen molar-refractivity contribution in [1.29, 1.82) is 0 Å². The second-order valence-corrected chi connectivity index (χ2v) is 7.12. The van der Waals surface area contributed by atoms with E-state index in [4.69, 9.17) is 16.1 Å². The Morgan fingerprint density at radius 2 is 2.07 bits per heavy atom. The minimum atomic E-state index is -0.331. The molecule has 28 heavy (non-hydrogen) atoms. The lowest BCUT2D eigenvalue weighted by Crippen LogP contribution is -2.34. The van der Waals surface area contributed by atoms with Crippen LogP contribution >= 0.6 is 11.6 Å². The second-order valence-electron chi connectivity index (χ2n) is 6.71. The van der Waals surface area contributed by atoms with Crippen LogP contribution in [-0.4, -0.2) is 27.6 Å². The molecule has 1 aromatic heterocycles. The molecule has 1 N–H and O–H groups in total. The van der Waals surface area contributed by atoms with Crippen LogP contribution in [0.25, 0.3) is 11.4 Å². The first-order chi connectivity index (χ1) is 13.5. The number of amides is 2. The molecule has 1 aliphatic heterocycles. The van der Waals surface area contributed by atoms with Gasteiger partial charge in [-0.2, -0.15) is 4.98 Å². The number of nitrogens with zero attached hydrogens (tertiary/aromatic N) is 3. The standard InChI is InChI=1S/C20H18ClFN4O2/c1-12-4-9-15(11-16(12)21)23-20(27)26-10-2-3-17(26)19-24-18(25-28-19)13-5-7-14(22)8-6-13/h4-9,11,17H,2-3,10H2,1H3,(H,23,27). The number of carbonyl (C=O) groups is 1. The molecule has 144 valence electrons. The molecule has 1 saturated heterocycles. The largest absolute Gasteiger partial charge is 0.337 e. The Labute approximate surface area is 166 Å². The van der Waals surface area contributed by atoms with Crippen LogP contribution in [0.3, 0.4) is 0 Å². The fraction of sp³-hybridized carbons (Fsp3) is 0.250. The lowest BCUT2D eigenvalue weighted by atomic mass is 10.2. The summed E-state index contributed by atoms with van der Waals surface area (Å²) in [5.74, 6) is 0.406. The van der Waals surface area contributed by atoms with Gasteiger partial charge in [-0.3, -0.25) is 0 Å². The molecular weight excluding hydrogens is 383 g/mol. The smallest absolute Gasteiger partial charge is 0.322 e. The number of carbonyl (C=O) groups excluding carboxylic acids is 1. The lowest BCUT2D eigenvalue weighted by Gasteiger charge is -2.22. The van der Waals surface area contributed by atoms with E-state index in [9.17, 15) is 9.18 Å². The number of anilines is 1. The molecule has 1 fully saturated rings. The SMILES string of the molecule is Cc1ccc(NC(=O)N2CCCC2c2nc(-c3ccc(F)cc3)no2)cc1Cl. The van der Waals surface area contributed by atoms with Crippen LogP contribution in [0.1, 0.15) is 30.3 Å². The van der Waals surface area contributed by atoms with Crippen LogP contribution < -0.4 is 5.32 Å². The Morgan fingerprint density at radius 3 is 2.82 bits per heavy atom. The monoisotopic (exact) mass is 400 g/mol. The van der Waals surface area contributed by atoms with Gasteiger partial charge in [-0.15, -0.1) is 0 Å². The number of nitrogens with one attached hydrogen (secondary N) is 1. The highest BCUT2D eigenvalue weighted by Crippen LogP contribution is 2.33. The zero-order valence-corrected chi connectivity index (χ0v) is 15.9. The van der Waals surface area contributed by atoms with Crippen molar-refractivity contribution in [2.75, 3.05) is 11.9 Å². The predicted molar refractivity (Wildman–Crippen MR) is 104 cm³/mol. The van der Waals surface area contributed by atoms with E-state index >= 15 is 0 Å². The van der Waals surface area contributed by atoms with Crippen LogP contribution in [0, 0.1) is 12.7 Å². The van der Waals surface area contributed by atoms with Crippen LogP contribution in [-0.2, 0) is 0 Å². The first-order valence-electron chi connectivity index (χ1n) is 8.94. The molecule has 1 aliphatic rings. The zero-order chi connectivity index (χ0) is 19.7. The van der Waals surface area contributed by atoms with E-state index in [1.165, 1.54) is 12.1 Å². The van der Waals surface area contributed by atoms with Gasteiger partial charge in [0.2, 0.25) is 11.7 Å². The van der Waals surface area contributed by atoms with Crippen molar-refractivity contribution in [3.63, 3.8) is 0 Å². The molecule has 0 bridgehead atoms.